The minimum atomic E-state index is -1.16. The van der Waals surface area contributed by atoms with Crippen molar-refractivity contribution in [1.29, 1.82) is 0 Å². The van der Waals surface area contributed by atoms with Gasteiger partial charge in [0.1, 0.15) is 0 Å². The monoisotopic (exact) mass is 475 g/mol. The van der Waals surface area contributed by atoms with Gasteiger partial charge in [-0.05, 0) is 47.9 Å². The molecular weight excluding hydrogens is 438 g/mol. The molecule has 1 aromatic heterocycles. The molecule has 0 bridgehead atoms. The van der Waals surface area contributed by atoms with Crippen molar-refractivity contribution in [3.63, 3.8) is 0 Å². The van der Waals surface area contributed by atoms with E-state index in [1.54, 1.807) is 0 Å². The third-order valence-electron chi connectivity index (χ3n) is 6.42. The molecule has 1 amide bonds. The molecule has 4 atom stereocenters. The summed E-state index contributed by atoms with van der Waals surface area (Å²) >= 11 is 0. The predicted molar refractivity (Wildman–Crippen MR) is 140 cm³/mol. The first-order valence-corrected chi connectivity index (χ1v) is 12.0. The highest BCUT2D eigenvalue weighted by Crippen LogP contribution is 2.39. The number of hydrogen-bond donors (Lipinski definition) is 4. The zero-order valence-electron chi connectivity index (χ0n) is 21.0. The Balaban J connectivity index is 1.79. The summed E-state index contributed by atoms with van der Waals surface area (Å²) in [5.74, 6) is -0.0422. The average molecular weight is 476 g/mol. The predicted octanol–water partition coefficient (Wildman–Crippen LogP) is 5.14. The number of nitrogens with one attached hydrogen (secondary N) is 1. The highest BCUT2D eigenvalue weighted by molar-refractivity contribution is 5.65. The van der Waals surface area contributed by atoms with Crippen molar-refractivity contribution in [3.8, 4) is 11.3 Å². The number of aromatic nitrogens is 1. The minimum absolute atomic E-state index is 0.0422. The number of nitrogens with two attached hydrogens (primary N) is 1. The van der Waals surface area contributed by atoms with Crippen molar-refractivity contribution in [1.82, 2.24) is 10.3 Å². The number of nitrogens with zero attached hydrogens (tertiary/aromatic N) is 1. The molecule has 0 spiro atoms. The van der Waals surface area contributed by atoms with Gasteiger partial charge in [-0.3, -0.25) is 4.98 Å². The van der Waals surface area contributed by atoms with E-state index < -0.39 is 18.2 Å². The number of hydrogen-bond acceptors (Lipinski definition) is 4. The van der Waals surface area contributed by atoms with E-state index in [1.807, 2.05) is 55.6 Å². The minimum Gasteiger partial charge on any atom is -0.465 e. The Morgan fingerprint density at radius 2 is 1.69 bits per heavy atom. The summed E-state index contributed by atoms with van der Waals surface area (Å²) in [7, 11) is 0. The first kappa shape index (κ1) is 26.4. The van der Waals surface area contributed by atoms with Crippen molar-refractivity contribution in [2.75, 3.05) is 0 Å². The van der Waals surface area contributed by atoms with Crippen LogP contribution in [0.4, 0.5) is 4.79 Å². The van der Waals surface area contributed by atoms with Crippen LogP contribution in [0.25, 0.3) is 11.3 Å². The lowest BCUT2D eigenvalue weighted by atomic mass is 9.71. The Morgan fingerprint density at radius 1 is 1.03 bits per heavy atom. The molecule has 3 rings (SSSR count). The standard InChI is InChI=1S/C29H37N3O3/c1-19-10-15-24(31-18-19)21-11-13-22(14-12-21)27(29(2,3)4)23(30)17-26(33)25(32-28(34)35)16-20-8-6-5-7-9-20/h5-15,18,23,25-27,32-33H,16-17,30H2,1-4H3,(H,34,35)/t23-,25-,26+,27?/m0/s1. The van der Waals surface area contributed by atoms with Crippen LogP contribution in [0.15, 0.2) is 72.9 Å². The maximum Gasteiger partial charge on any atom is 0.404 e. The van der Waals surface area contributed by atoms with E-state index in [2.05, 4.69) is 55.3 Å². The van der Waals surface area contributed by atoms with E-state index >= 15 is 0 Å². The van der Waals surface area contributed by atoms with Crippen LogP contribution >= 0.6 is 0 Å². The molecule has 6 nitrogen and oxygen atoms in total. The third-order valence-corrected chi connectivity index (χ3v) is 6.42. The molecule has 0 fully saturated rings. The van der Waals surface area contributed by atoms with Gasteiger partial charge in [0.15, 0.2) is 0 Å². The van der Waals surface area contributed by atoms with E-state index in [0.717, 1.165) is 27.9 Å². The van der Waals surface area contributed by atoms with E-state index in [-0.39, 0.29) is 23.8 Å². The molecule has 1 unspecified atom stereocenters. The Morgan fingerprint density at radius 3 is 2.23 bits per heavy atom. The van der Waals surface area contributed by atoms with Gasteiger partial charge in [-0.25, -0.2) is 4.79 Å². The molecule has 186 valence electrons. The first-order valence-electron chi connectivity index (χ1n) is 12.0. The number of aliphatic hydroxyl groups excluding tert-OH is 1. The van der Waals surface area contributed by atoms with Crippen molar-refractivity contribution in [2.45, 2.75) is 64.6 Å². The maximum atomic E-state index is 11.4. The Bertz CT molecular complexity index is 1080. The Labute approximate surface area is 208 Å². The molecule has 0 aliphatic heterocycles. The van der Waals surface area contributed by atoms with Crippen LogP contribution in [0, 0.1) is 12.3 Å². The van der Waals surface area contributed by atoms with Gasteiger partial charge in [-0.2, -0.15) is 0 Å². The molecule has 3 aromatic rings. The molecule has 0 radical (unpaired) electrons. The first-order chi connectivity index (χ1) is 16.5. The zero-order chi connectivity index (χ0) is 25.6. The molecule has 2 aromatic carbocycles. The SMILES string of the molecule is Cc1ccc(-c2ccc(C([C@@H](N)C[C@@H](O)[C@H](Cc3ccccc3)NC(=O)O)C(C)(C)C)cc2)nc1. The van der Waals surface area contributed by atoms with Crippen molar-refractivity contribution in [2.24, 2.45) is 11.1 Å². The van der Waals surface area contributed by atoms with Crippen LogP contribution in [0.1, 0.15) is 49.8 Å². The number of carboxylic acid groups (broad SMARTS) is 1. The summed E-state index contributed by atoms with van der Waals surface area (Å²) in [6.45, 7) is 8.42. The molecule has 1 heterocycles. The van der Waals surface area contributed by atoms with Gasteiger partial charge in [0.05, 0.1) is 17.8 Å². The molecule has 35 heavy (non-hydrogen) atoms. The van der Waals surface area contributed by atoms with Gasteiger partial charge in [0.2, 0.25) is 0 Å². The fourth-order valence-corrected chi connectivity index (χ4v) is 4.78. The van der Waals surface area contributed by atoms with Crippen LogP contribution in [0.5, 0.6) is 0 Å². The van der Waals surface area contributed by atoms with Gasteiger partial charge in [0.25, 0.3) is 0 Å². The Kier molecular flexibility index (Phi) is 8.65. The highest BCUT2D eigenvalue weighted by atomic mass is 16.4. The maximum absolute atomic E-state index is 11.4. The van der Waals surface area contributed by atoms with Gasteiger partial charge in [-0.15, -0.1) is 0 Å². The summed E-state index contributed by atoms with van der Waals surface area (Å²) in [6.07, 6.45) is 0.420. The lowest BCUT2D eigenvalue weighted by Gasteiger charge is -2.37. The van der Waals surface area contributed by atoms with Gasteiger partial charge >= 0.3 is 6.09 Å². The number of pyridine rings is 1. The topological polar surface area (TPSA) is 108 Å². The quantitative estimate of drug-likeness (QED) is 0.342. The van der Waals surface area contributed by atoms with E-state index in [4.69, 9.17) is 5.73 Å². The second-order valence-corrected chi connectivity index (χ2v) is 10.4. The van der Waals surface area contributed by atoms with E-state index in [9.17, 15) is 15.0 Å². The second kappa shape index (κ2) is 11.5. The van der Waals surface area contributed by atoms with Crippen LogP contribution in [-0.2, 0) is 6.42 Å². The second-order valence-electron chi connectivity index (χ2n) is 10.4. The van der Waals surface area contributed by atoms with Crippen molar-refractivity contribution in [3.05, 3.63) is 89.6 Å². The van der Waals surface area contributed by atoms with Crippen molar-refractivity contribution < 1.29 is 15.0 Å². The van der Waals surface area contributed by atoms with Gasteiger partial charge in [-0.1, -0.05) is 81.4 Å². The number of rotatable bonds is 9. The van der Waals surface area contributed by atoms with Crippen LogP contribution < -0.4 is 11.1 Å². The van der Waals surface area contributed by atoms with Crippen LogP contribution in [0.3, 0.4) is 0 Å². The summed E-state index contributed by atoms with van der Waals surface area (Å²) < 4.78 is 0. The molecular formula is C29H37N3O3. The summed E-state index contributed by atoms with van der Waals surface area (Å²) in [4.78, 5) is 15.9. The molecule has 6 heteroatoms. The lowest BCUT2D eigenvalue weighted by molar-refractivity contribution is 0.0956. The van der Waals surface area contributed by atoms with E-state index in [0.29, 0.717) is 6.42 Å². The van der Waals surface area contributed by atoms with Crippen molar-refractivity contribution >= 4 is 6.09 Å². The smallest absolute Gasteiger partial charge is 0.404 e. The molecule has 0 aliphatic carbocycles. The molecule has 5 N–H and O–H groups in total. The van der Waals surface area contributed by atoms with Crippen LogP contribution in [0.2, 0.25) is 0 Å². The largest absolute Gasteiger partial charge is 0.465 e. The van der Waals surface area contributed by atoms with Gasteiger partial charge < -0.3 is 21.3 Å². The Hall–Kier alpha value is -3.22. The van der Waals surface area contributed by atoms with E-state index in [1.165, 1.54) is 0 Å². The number of carbonyl (C=O) groups is 1. The summed E-state index contributed by atoms with van der Waals surface area (Å²) in [5.41, 5.74) is 11.6. The molecule has 0 saturated carbocycles. The number of benzene rings is 2. The lowest BCUT2D eigenvalue weighted by Crippen LogP contribution is -2.48. The number of aryl methyl sites for hydroxylation is 1. The summed E-state index contributed by atoms with van der Waals surface area (Å²) in [6, 6.07) is 20.8. The van der Waals surface area contributed by atoms with Gasteiger partial charge in [0, 0.05) is 23.7 Å². The number of amides is 1. The normalized spacial score (nSPS) is 15.1. The average Bonchev–Trinajstić information content (AvgIpc) is 2.79. The third kappa shape index (κ3) is 7.38. The number of aliphatic hydroxyl groups is 1. The fraction of sp³-hybridized carbons (Fsp3) is 0.379. The summed E-state index contributed by atoms with van der Waals surface area (Å²) in [5, 5.41) is 22.9. The molecule has 0 saturated heterocycles. The highest BCUT2D eigenvalue weighted by Gasteiger charge is 2.34. The molecule has 0 aliphatic rings. The fourth-order valence-electron chi connectivity index (χ4n) is 4.78. The van der Waals surface area contributed by atoms with Crippen LogP contribution in [-0.4, -0.2) is 39.5 Å². The zero-order valence-corrected chi connectivity index (χ0v) is 21.0.